The molecule has 0 bridgehead atoms. The van der Waals surface area contributed by atoms with E-state index in [-0.39, 0.29) is 11.8 Å². The number of fused-ring (bicyclic) bond motifs is 1. The Hall–Kier alpha value is -2.50. The number of rotatable bonds is 4. The van der Waals surface area contributed by atoms with Crippen molar-refractivity contribution in [2.45, 2.75) is 44.1 Å². The summed E-state index contributed by atoms with van der Waals surface area (Å²) >= 11 is 0. The monoisotopic (exact) mass is 341 g/mol. The summed E-state index contributed by atoms with van der Waals surface area (Å²) in [4.78, 5) is 12.4. The first kappa shape index (κ1) is 16.0. The average molecular weight is 341 g/mol. The largest absolute Gasteiger partial charge is 0.497 e. The van der Waals surface area contributed by atoms with Crippen LogP contribution in [0.2, 0.25) is 0 Å². The van der Waals surface area contributed by atoms with Gasteiger partial charge in [-0.25, -0.2) is 4.68 Å². The fourth-order valence-electron chi connectivity index (χ4n) is 3.99. The number of anilines is 1. The SMILES string of the molecule is COc1cc(OC)cc([C@@H]2CC(=O)Nc3c2cnn3C2CCCC2)c1. The number of carbonyl (C=O) groups is 1. The van der Waals surface area contributed by atoms with E-state index in [4.69, 9.17) is 9.47 Å². The number of amides is 1. The van der Waals surface area contributed by atoms with Gasteiger partial charge in [-0.15, -0.1) is 0 Å². The van der Waals surface area contributed by atoms with Crippen molar-refractivity contribution in [1.82, 2.24) is 9.78 Å². The highest BCUT2D eigenvalue weighted by Crippen LogP contribution is 2.42. The topological polar surface area (TPSA) is 65.4 Å². The number of aromatic nitrogens is 2. The van der Waals surface area contributed by atoms with Crippen molar-refractivity contribution >= 4 is 11.7 Å². The highest BCUT2D eigenvalue weighted by Gasteiger charge is 2.32. The van der Waals surface area contributed by atoms with Crippen LogP contribution in [0.3, 0.4) is 0 Å². The minimum atomic E-state index is -0.0390. The van der Waals surface area contributed by atoms with Gasteiger partial charge in [0, 0.05) is 24.0 Å². The van der Waals surface area contributed by atoms with Crippen molar-refractivity contribution in [2.24, 2.45) is 0 Å². The molecule has 0 spiro atoms. The van der Waals surface area contributed by atoms with Crippen molar-refractivity contribution in [2.75, 3.05) is 19.5 Å². The fourth-order valence-corrected chi connectivity index (χ4v) is 3.99. The van der Waals surface area contributed by atoms with Crippen molar-refractivity contribution in [3.05, 3.63) is 35.5 Å². The molecule has 2 heterocycles. The second-order valence-electron chi connectivity index (χ2n) is 6.78. The number of nitrogens with one attached hydrogen (secondary N) is 1. The Morgan fingerprint density at radius 2 is 1.80 bits per heavy atom. The first-order valence-electron chi connectivity index (χ1n) is 8.80. The van der Waals surface area contributed by atoms with Gasteiger partial charge in [-0.1, -0.05) is 12.8 Å². The lowest BCUT2D eigenvalue weighted by atomic mass is 9.87. The van der Waals surface area contributed by atoms with Crippen molar-refractivity contribution < 1.29 is 14.3 Å². The second-order valence-corrected chi connectivity index (χ2v) is 6.78. The third-order valence-corrected chi connectivity index (χ3v) is 5.29. The van der Waals surface area contributed by atoms with Gasteiger partial charge in [0.2, 0.25) is 5.91 Å². The van der Waals surface area contributed by atoms with Crippen LogP contribution in [0.15, 0.2) is 24.4 Å². The highest BCUT2D eigenvalue weighted by atomic mass is 16.5. The number of ether oxygens (including phenoxy) is 2. The first-order chi connectivity index (χ1) is 12.2. The molecule has 1 fully saturated rings. The Kier molecular flexibility index (Phi) is 4.11. The Labute approximate surface area is 147 Å². The lowest BCUT2D eigenvalue weighted by Crippen LogP contribution is -2.25. The molecule has 0 radical (unpaired) electrons. The molecule has 1 N–H and O–H groups in total. The summed E-state index contributed by atoms with van der Waals surface area (Å²) in [6.45, 7) is 0. The maximum absolute atomic E-state index is 12.4. The molecular weight excluding hydrogens is 318 g/mol. The van der Waals surface area contributed by atoms with Gasteiger partial charge in [-0.3, -0.25) is 4.79 Å². The van der Waals surface area contributed by atoms with Gasteiger partial charge in [0.05, 0.1) is 26.5 Å². The molecule has 1 amide bonds. The molecule has 0 saturated heterocycles. The van der Waals surface area contributed by atoms with Gasteiger partial charge < -0.3 is 14.8 Å². The van der Waals surface area contributed by atoms with Gasteiger partial charge >= 0.3 is 0 Å². The van der Waals surface area contributed by atoms with Crippen LogP contribution in [0, 0.1) is 0 Å². The molecule has 25 heavy (non-hydrogen) atoms. The predicted molar refractivity (Wildman–Crippen MR) is 94.4 cm³/mol. The Morgan fingerprint density at radius 3 is 2.44 bits per heavy atom. The number of benzene rings is 1. The van der Waals surface area contributed by atoms with Gasteiger partial charge in [-0.05, 0) is 30.5 Å². The maximum Gasteiger partial charge on any atom is 0.226 e. The molecule has 2 aromatic rings. The number of carbonyl (C=O) groups excluding carboxylic acids is 1. The predicted octanol–water partition coefficient (Wildman–Crippen LogP) is 3.49. The zero-order chi connectivity index (χ0) is 17.4. The smallest absolute Gasteiger partial charge is 0.226 e. The van der Waals surface area contributed by atoms with E-state index >= 15 is 0 Å². The second kappa shape index (κ2) is 6.43. The van der Waals surface area contributed by atoms with Gasteiger partial charge in [0.1, 0.15) is 17.3 Å². The standard InChI is InChI=1S/C19H23N3O3/c1-24-14-7-12(8-15(9-14)25-2)16-10-18(23)21-19-17(16)11-20-22(19)13-5-3-4-6-13/h7-9,11,13,16H,3-6,10H2,1-2H3,(H,21,23)/t16-/m0/s1. The van der Waals surface area contributed by atoms with Crippen LogP contribution in [-0.4, -0.2) is 29.9 Å². The van der Waals surface area contributed by atoms with Crippen molar-refractivity contribution in [3.63, 3.8) is 0 Å². The van der Waals surface area contributed by atoms with E-state index in [0.29, 0.717) is 12.5 Å². The lowest BCUT2D eigenvalue weighted by Gasteiger charge is -2.25. The van der Waals surface area contributed by atoms with E-state index in [0.717, 1.165) is 41.3 Å². The normalized spacial score (nSPS) is 20.2. The molecule has 1 aliphatic carbocycles. The molecule has 2 aliphatic rings. The summed E-state index contributed by atoms with van der Waals surface area (Å²) in [6, 6.07) is 6.18. The lowest BCUT2D eigenvalue weighted by molar-refractivity contribution is -0.116. The van der Waals surface area contributed by atoms with Gasteiger partial charge in [0.25, 0.3) is 0 Å². The number of methoxy groups -OCH3 is 2. The van der Waals surface area contributed by atoms with E-state index in [1.807, 2.05) is 29.1 Å². The minimum absolute atomic E-state index is 0.0269. The number of hydrogen-bond acceptors (Lipinski definition) is 4. The average Bonchev–Trinajstić information content (AvgIpc) is 3.29. The van der Waals surface area contributed by atoms with E-state index in [9.17, 15) is 4.79 Å². The van der Waals surface area contributed by atoms with Crippen LogP contribution < -0.4 is 14.8 Å². The molecule has 0 unspecified atom stereocenters. The summed E-state index contributed by atoms with van der Waals surface area (Å²) < 4.78 is 12.8. The Bertz CT molecular complexity index is 771. The first-order valence-corrected chi connectivity index (χ1v) is 8.80. The minimum Gasteiger partial charge on any atom is -0.497 e. The van der Waals surface area contributed by atoms with Crippen LogP contribution >= 0.6 is 0 Å². The summed E-state index contributed by atoms with van der Waals surface area (Å²) in [7, 11) is 3.27. The van der Waals surface area contributed by atoms with E-state index in [1.54, 1.807) is 14.2 Å². The van der Waals surface area contributed by atoms with Crippen molar-refractivity contribution in [3.8, 4) is 11.5 Å². The highest BCUT2D eigenvalue weighted by molar-refractivity contribution is 5.94. The van der Waals surface area contributed by atoms with Crippen LogP contribution in [0.1, 0.15) is 55.2 Å². The maximum atomic E-state index is 12.4. The molecule has 1 atom stereocenters. The summed E-state index contributed by atoms with van der Waals surface area (Å²) in [5, 5.41) is 7.66. The molecule has 1 aliphatic heterocycles. The van der Waals surface area contributed by atoms with Gasteiger partial charge in [0.15, 0.2) is 0 Å². The van der Waals surface area contributed by atoms with Crippen LogP contribution in [0.4, 0.5) is 5.82 Å². The molecule has 1 aromatic carbocycles. The third-order valence-electron chi connectivity index (χ3n) is 5.29. The van der Waals surface area contributed by atoms with E-state index in [1.165, 1.54) is 12.8 Å². The fraction of sp³-hybridized carbons (Fsp3) is 0.474. The molecule has 4 rings (SSSR count). The summed E-state index contributed by atoms with van der Waals surface area (Å²) in [6.07, 6.45) is 7.01. The number of nitrogens with zero attached hydrogens (tertiary/aromatic N) is 2. The summed E-state index contributed by atoms with van der Waals surface area (Å²) in [5.74, 6) is 2.30. The van der Waals surface area contributed by atoms with E-state index < -0.39 is 0 Å². The third kappa shape index (κ3) is 2.86. The van der Waals surface area contributed by atoms with Crippen LogP contribution in [0.5, 0.6) is 11.5 Å². The zero-order valence-corrected chi connectivity index (χ0v) is 14.6. The van der Waals surface area contributed by atoms with E-state index in [2.05, 4.69) is 10.4 Å². The zero-order valence-electron chi connectivity index (χ0n) is 14.6. The molecular formula is C19H23N3O3. The Balaban J connectivity index is 1.76. The van der Waals surface area contributed by atoms with Gasteiger partial charge in [-0.2, -0.15) is 5.10 Å². The molecule has 6 nitrogen and oxygen atoms in total. The Morgan fingerprint density at radius 1 is 1.12 bits per heavy atom. The summed E-state index contributed by atoms with van der Waals surface area (Å²) in [5.41, 5.74) is 2.08. The number of hydrogen-bond donors (Lipinski definition) is 1. The van der Waals surface area contributed by atoms with Crippen LogP contribution in [-0.2, 0) is 4.79 Å². The molecule has 132 valence electrons. The van der Waals surface area contributed by atoms with Crippen molar-refractivity contribution in [1.29, 1.82) is 0 Å². The molecule has 1 saturated carbocycles. The quantitative estimate of drug-likeness (QED) is 0.924. The molecule has 1 aromatic heterocycles. The van der Waals surface area contributed by atoms with Crippen LogP contribution in [0.25, 0.3) is 0 Å². The molecule has 6 heteroatoms.